The Morgan fingerprint density at radius 3 is 2.72 bits per heavy atom. The SMILES string of the molecule is CN(C)CCCNC(=O)c1cnc(N2CCc3ccccc3C2)cn1. The molecular formula is C19H25N5O. The third-order valence-electron chi connectivity index (χ3n) is 4.39. The maximum absolute atomic E-state index is 12.1. The highest BCUT2D eigenvalue weighted by Crippen LogP contribution is 2.22. The van der Waals surface area contributed by atoms with Crippen LogP contribution >= 0.6 is 0 Å². The number of benzene rings is 1. The van der Waals surface area contributed by atoms with Crippen molar-refractivity contribution in [2.45, 2.75) is 19.4 Å². The van der Waals surface area contributed by atoms with Crippen LogP contribution in [0, 0.1) is 0 Å². The van der Waals surface area contributed by atoms with E-state index in [9.17, 15) is 4.79 Å². The summed E-state index contributed by atoms with van der Waals surface area (Å²) >= 11 is 0. The summed E-state index contributed by atoms with van der Waals surface area (Å²) in [7, 11) is 4.04. The Labute approximate surface area is 148 Å². The van der Waals surface area contributed by atoms with Gasteiger partial charge in [-0.1, -0.05) is 24.3 Å². The standard InChI is InChI=1S/C19H25N5O/c1-23(2)10-5-9-20-19(25)17-12-22-18(13-21-17)24-11-8-15-6-3-4-7-16(15)14-24/h3-4,6-7,12-13H,5,8-11,14H2,1-2H3,(H,20,25). The molecule has 1 aliphatic rings. The highest BCUT2D eigenvalue weighted by Gasteiger charge is 2.17. The third kappa shape index (κ3) is 4.54. The molecule has 6 heteroatoms. The van der Waals surface area contributed by atoms with Crippen LogP contribution in [0.15, 0.2) is 36.7 Å². The van der Waals surface area contributed by atoms with E-state index in [1.807, 2.05) is 14.1 Å². The van der Waals surface area contributed by atoms with Crippen molar-refractivity contribution in [2.75, 3.05) is 38.6 Å². The van der Waals surface area contributed by atoms with Crippen molar-refractivity contribution in [2.24, 2.45) is 0 Å². The molecule has 3 rings (SSSR count). The minimum atomic E-state index is -0.165. The Balaban J connectivity index is 1.56. The zero-order valence-electron chi connectivity index (χ0n) is 14.9. The molecule has 1 amide bonds. The number of aromatic nitrogens is 2. The number of nitrogens with one attached hydrogen (secondary N) is 1. The summed E-state index contributed by atoms with van der Waals surface area (Å²) in [4.78, 5) is 25.1. The van der Waals surface area contributed by atoms with Crippen molar-refractivity contribution >= 4 is 11.7 Å². The van der Waals surface area contributed by atoms with Gasteiger partial charge in [0, 0.05) is 19.6 Å². The Hall–Kier alpha value is -2.47. The monoisotopic (exact) mass is 339 g/mol. The Morgan fingerprint density at radius 2 is 2.00 bits per heavy atom. The molecule has 132 valence electrons. The molecule has 2 aromatic rings. The maximum atomic E-state index is 12.1. The van der Waals surface area contributed by atoms with E-state index in [1.54, 1.807) is 12.4 Å². The van der Waals surface area contributed by atoms with Gasteiger partial charge in [0.1, 0.15) is 11.5 Å². The molecule has 0 unspecified atom stereocenters. The first-order chi connectivity index (χ1) is 12.1. The summed E-state index contributed by atoms with van der Waals surface area (Å²) in [6.07, 6.45) is 5.18. The van der Waals surface area contributed by atoms with Gasteiger partial charge in [0.15, 0.2) is 0 Å². The van der Waals surface area contributed by atoms with Crippen molar-refractivity contribution in [3.8, 4) is 0 Å². The molecule has 0 aliphatic carbocycles. The fraction of sp³-hybridized carbons (Fsp3) is 0.421. The van der Waals surface area contributed by atoms with Crippen LogP contribution in [0.5, 0.6) is 0 Å². The van der Waals surface area contributed by atoms with Crippen molar-refractivity contribution < 1.29 is 4.79 Å². The van der Waals surface area contributed by atoms with Crippen LogP contribution in [0.1, 0.15) is 28.0 Å². The smallest absolute Gasteiger partial charge is 0.271 e. The molecule has 2 heterocycles. The molecule has 1 aromatic carbocycles. The number of carbonyl (C=O) groups excluding carboxylic acids is 1. The summed E-state index contributed by atoms with van der Waals surface area (Å²) < 4.78 is 0. The quantitative estimate of drug-likeness (QED) is 0.812. The number of hydrogen-bond acceptors (Lipinski definition) is 5. The van der Waals surface area contributed by atoms with Crippen LogP contribution in [-0.4, -0.2) is 54.5 Å². The van der Waals surface area contributed by atoms with Gasteiger partial charge in [0.05, 0.1) is 12.4 Å². The van der Waals surface area contributed by atoms with Gasteiger partial charge >= 0.3 is 0 Å². The second-order valence-electron chi connectivity index (χ2n) is 6.61. The molecule has 1 aromatic heterocycles. The average Bonchev–Trinajstić information content (AvgIpc) is 2.64. The van der Waals surface area contributed by atoms with Gasteiger partial charge in [0.25, 0.3) is 5.91 Å². The zero-order valence-corrected chi connectivity index (χ0v) is 14.9. The lowest BCUT2D eigenvalue weighted by molar-refractivity contribution is 0.0947. The lowest BCUT2D eigenvalue weighted by Gasteiger charge is -2.29. The Kier molecular flexibility index (Phi) is 5.60. The molecule has 0 radical (unpaired) electrons. The van der Waals surface area contributed by atoms with Gasteiger partial charge < -0.3 is 15.1 Å². The minimum absolute atomic E-state index is 0.165. The van der Waals surface area contributed by atoms with Crippen LogP contribution in [0.4, 0.5) is 5.82 Å². The van der Waals surface area contributed by atoms with Gasteiger partial charge in [-0.25, -0.2) is 9.97 Å². The molecular weight excluding hydrogens is 314 g/mol. The van der Waals surface area contributed by atoms with Gasteiger partial charge in [-0.15, -0.1) is 0 Å². The molecule has 0 atom stereocenters. The molecule has 0 spiro atoms. The van der Waals surface area contributed by atoms with Crippen molar-refractivity contribution in [1.82, 2.24) is 20.2 Å². The molecule has 1 aliphatic heterocycles. The number of nitrogens with zero attached hydrogens (tertiary/aromatic N) is 4. The maximum Gasteiger partial charge on any atom is 0.271 e. The summed E-state index contributed by atoms with van der Waals surface area (Å²) in [5.74, 6) is 0.653. The average molecular weight is 339 g/mol. The summed E-state index contributed by atoms with van der Waals surface area (Å²) in [5.41, 5.74) is 3.10. The predicted molar refractivity (Wildman–Crippen MR) is 98.7 cm³/mol. The van der Waals surface area contributed by atoms with Gasteiger partial charge in [-0.05, 0) is 44.6 Å². The number of rotatable bonds is 6. The first-order valence-electron chi connectivity index (χ1n) is 8.70. The number of carbonyl (C=O) groups is 1. The van der Waals surface area contributed by atoms with Crippen LogP contribution < -0.4 is 10.2 Å². The van der Waals surface area contributed by atoms with Gasteiger partial charge in [0.2, 0.25) is 0 Å². The van der Waals surface area contributed by atoms with E-state index >= 15 is 0 Å². The molecule has 0 saturated carbocycles. The summed E-state index contributed by atoms with van der Waals surface area (Å²) in [6.45, 7) is 3.34. The second kappa shape index (κ2) is 8.07. The summed E-state index contributed by atoms with van der Waals surface area (Å²) in [6, 6.07) is 8.49. The lowest BCUT2D eigenvalue weighted by atomic mass is 10.0. The fourth-order valence-electron chi connectivity index (χ4n) is 2.98. The second-order valence-corrected chi connectivity index (χ2v) is 6.61. The van der Waals surface area contributed by atoms with E-state index < -0.39 is 0 Å². The minimum Gasteiger partial charge on any atom is -0.351 e. The molecule has 0 bridgehead atoms. The Morgan fingerprint density at radius 1 is 1.20 bits per heavy atom. The van der Waals surface area contributed by atoms with Crippen molar-refractivity contribution in [1.29, 1.82) is 0 Å². The molecule has 25 heavy (non-hydrogen) atoms. The van der Waals surface area contributed by atoms with E-state index in [-0.39, 0.29) is 5.91 Å². The largest absolute Gasteiger partial charge is 0.351 e. The van der Waals surface area contributed by atoms with E-state index in [0.29, 0.717) is 12.2 Å². The normalized spacial score (nSPS) is 13.6. The van der Waals surface area contributed by atoms with E-state index in [2.05, 4.69) is 49.4 Å². The first-order valence-corrected chi connectivity index (χ1v) is 8.70. The molecule has 1 N–H and O–H groups in total. The van der Waals surface area contributed by atoms with Gasteiger partial charge in [-0.2, -0.15) is 0 Å². The molecule has 6 nitrogen and oxygen atoms in total. The number of anilines is 1. The highest BCUT2D eigenvalue weighted by atomic mass is 16.1. The lowest BCUT2D eigenvalue weighted by Crippen LogP contribution is -2.31. The molecule has 0 fully saturated rings. The number of amides is 1. The third-order valence-corrected chi connectivity index (χ3v) is 4.39. The van der Waals surface area contributed by atoms with E-state index in [0.717, 1.165) is 38.3 Å². The van der Waals surface area contributed by atoms with Crippen LogP contribution in [0.25, 0.3) is 0 Å². The fourth-order valence-corrected chi connectivity index (χ4v) is 2.98. The first kappa shape index (κ1) is 17.4. The van der Waals surface area contributed by atoms with Crippen LogP contribution in [0.2, 0.25) is 0 Å². The van der Waals surface area contributed by atoms with Gasteiger partial charge in [-0.3, -0.25) is 4.79 Å². The van der Waals surface area contributed by atoms with E-state index in [4.69, 9.17) is 0 Å². The summed E-state index contributed by atoms with van der Waals surface area (Å²) in [5, 5.41) is 2.88. The predicted octanol–water partition coefficient (Wildman–Crippen LogP) is 1.72. The van der Waals surface area contributed by atoms with Crippen LogP contribution in [-0.2, 0) is 13.0 Å². The topological polar surface area (TPSA) is 61.4 Å². The zero-order chi connectivity index (χ0) is 17.6. The van der Waals surface area contributed by atoms with Crippen LogP contribution in [0.3, 0.4) is 0 Å². The highest BCUT2D eigenvalue weighted by molar-refractivity contribution is 5.91. The Bertz CT molecular complexity index is 714. The van der Waals surface area contributed by atoms with Crippen molar-refractivity contribution in [3.05, 3.63) is 53.5 Å². The number of hydrogen-bond donors (Lipinski definition) is 1. The van der Waals surface area contributed by atoms with Crippen molar-refractivity contribution in [3.63, 3.8) is 0 Å². The van der Waals surface area contributed by atoms with E-state index in [1.165, 1.54) is 11.1 Å². The number of fused-ring (bicyclic) bond motifs is 1. The molecule has 0 saturated heterocycles.